The highest BCUT2D eigenvalue weighted by Gasteiger charge is 2.33. The third-order valence-electron chi connectivity index (χ3n) is 3.85. The lowest BCUT2D eigenvalue weighted by atomic mass is 10.0. The lowest BCUT2D eigenvalue weighted by molar-refractivity contribution is 0.0773. The van der Waals surface area contributed by atoms with Crippen LogP contribution < -0.4 is 5.32 Å². The van der Waals surface area contributed by atoms with E-state index in [-0.39, 0.29) is 0 Å². The summed E-state index contributed by atoms with van der Waals surface area (Å²) in [6, 6.07) is 0.464. The summed E-state index contributed by atoms with van der Waals surface area (Å²) in [6.45, 7) is 4.72. The second kappa shape index (κ2) is 6.24. The zero-order valence-corrected chi connectivity index (χ0v) is 12.1. The molecule has 0 bridgehead atoms. The van der Waals surface area contributed by atoms with Crippen LogP contribution in [0, 0.1) is 0 Å². The van der Waals surface area contributed by atoms with Gasteiger partial charge in [0.2, 0.25) is 5.89 Å². The first-order valence-corrected chi connectivity index (χ1v) is 8.26. The van der Waals surface area contributed by atoms with E-state index in [1.165, 1.54) is 0 Å². The van der Waals surface area contributed by atoms with Crippen LogP contribution in [0.15, 0.2) is 4.52 Å². The molecule has 3 heterocycles. The van der Waals surface area contributed by atoms with Crippen LogP contribution in [0.25, 0.3) is 0 Å². The van der Waals surface area contributed by atoms with Gasteiger partial charge in [-0.15, -0.1) is 0 Å². The van der Waals surface area contributed by atoms with Crippen LogP contribution in [-0.2, 0) is 4.74 Å². The van der Waals surface area contributed by atoms with E-state index in [9.17, 15) is 0 Å². The number of nitrogens with one attached hydrogen (secondary N) is 1. The zero-order valence-electron chi connectivity index (χ0n) is 11.3. The van der Waals surface area contributed by atoms with E-state index in [0.717, 1.165) is 55.8 Å². The van der Waals surface area contributed by atoms with Gasteiger partial charge in [0.25, 0.3) is 0 Å². The molecular weight excluding hydrogens is 262 g/mol. The van der Waals surface area contributed by atoms with Gasteiger partial charge in [-0.1, -0.05) is 12.1 Å². The molecule has 3 atom stereocenters. The van der Waals surface area contributed by atoms with Crippen molar-refractivity contribution in [2.24, 2.45) is 0 Å². The Hall–Kier alpha value is -0.590. The fourth-order valence-electron chi connectivity index (χ4n) is 2.77. The van der Waals surface area contributed by atoms with Crippen LogP contribution in [0.4, 0.5) is 0 Å². The Morgan fingerprint density at radius 2 is 2.37 bits per heavy atom. The molecule has 0 amide bonds. The van der Waals surface area contributed by atoms with E-state index in [4.69, 9.17) is 9.26 Å². The van der Waals surface area contributed by atoms with E-state index >= 15 is 0 Å². The van der Waals surface area contributed by atoms with Crippen molar-refractivity contribution in [3.63, 3.8) is 0 Å². The van der Waals surface area contributed by atoms with Crippen molar-refractivity contribution in [3.05, 3.63) is 11.7 Å². The Morgan fingerprint density at radius 3 is 3.16 bits per heavy atom. The summed E-state index contributed by atoms with van der Waals surface area (Å²) < 4.78 is 11.0. The molecule has 5 nitrogen and oxygen atoms in total. The normalized spacial score (nSPS) is 31.7. The minimum Gasteiger partial charge on any atom is -0.381 e. The monoisotopic (exact) mass is 283 g/mol. The maximum atomic E-state index is 5.51. The number of hydrogen-bond donors (Lipinski definition) is 1. The second-order valence-electron chi connectivity index (χ2n) is 5.21. The molecule has 0 radical (unpaired) electrons. The van der Waals surface area contributed by atoms with E-state index in [2.05, 4.69) is 22.4 Å². The first-order valence-electron chi connectivity index (χ1n) is 7.11. The summed E-state index contributed by atoms with van der Waals surface area (Å²) in [5, 5.41) is 7.68. The van der Waals surface area contributed by atoms with Crippen molar-refractivity contribution in [1.82, 2.24) is 15.5 Å². The third kappa shape index (κ3) is 2.95. The van der Waals surface area contributed by atoms with Crippen molar-refractivity contribution < 1.29 is 9.26 Å². The van der Waals surface area contributed by atoms with E-state index in [0.29, 0.717) is 17.9 Å². The predicted molar refractivity (Wildman–Crippen MR) is 74.6 cm³/mol. The fourth-order valence-corrected chi connectivity index (χ4v) is 4.14. The summed E-state index contributed by atoms with van der Waals surface area (Å²) in [7, 11) is 0. The molecule has 6 heteroatoms. The maximum absolute atomic E-state index is 5.51. The topological polar surface area (TPSA) is 60.2 Å². The maximum Gasteiger partial charge on any atom is 0.232 e. The molecular formula is C13H21N3O2S. The van der Waals surface area contributed by atoms with Gasteiger partial charge in [0.05, 0.1) is 12.5 Å². The van der Waals surface area contributed by atoms with Crippen molar-refractivity contribution in [1.29, 1.82) is 0 Å². The fraction of sp³-hybridized carbons (Fsp3) is 0.846. The van der Waals surface area contributed by atoms with Gasteiger partial charge < -0.3 is 14.6 Å². The summed E-state index contributed by atoms with van der Waals surface area (Å²) in [6.07, 6.45) is 2.20. The highest BCUT2D eigenvalue weighted by Crippen LogP contribution is 2.33. The van der Waals surface area contributed by atoms with E-state index in [1.807, 2.05) is 11.8 Å². The SMILES string of the molecule is CCNC1CSCC1c1nc(C2CCCOC2)no1. The standard InChI is InChI=1S/C13H21N3O2S/c1-2-14-11-8-19-7-10(11)13-15-12(16-18-13)9-4-3-5-17-6-9/h9-11,14H,2-8H2,1H3. The van der Waals surface area contributed by atoms with Crippen molar-refractivity contribution >= 4 is 11.8 Å². The highest BCUT2D eigenvalue weighted by molar-refractivity contribution is 7.99. The Morgan fingerprint density at radius 1 is 1.42 bits per heavy atom. The smallest absolute Gasteiger partial charge is 0.232 e. The van der Waals surface area contributed by atoms with Gasteiger partial charge in [0.1, 0.15) is 0 Å². The quantitative estimate of drug-likeness (QED) is 0.909. The van der Waals surface area contributed by atoms with Gasteiger partial charge in [-0.05, 0) is 19.4 Å². The summed E-state index contributed by atoms with van der Waals surface area (Å²) in [5.41, 5.74) is 0. The molecule has 3 rings (SSSR count). The molecule has 2 saturated heterocycles. The lowest BCUT2D eigenvalue weighted by Gasteiger charge is -2.18. The number of aromatic nitrogens is 2. The average Bonchev–Trinajstić information content (AvgIpc) is 3.08. The summed E-state index contributed by atoms with van der Waals surface area (Å²) in [4.78, 5) is 4.64. The van der Waals surface area contributed by atoms with Gasteiger partial charge in [-0.3, -0.25) is 0 Å². The Labute approximate surface area is 117 Å². The van der Waals surface area contributed by atoms with Gasteiger partial charge in [0.15, 0.2) is 5.82 Å². The lowest BCUT2D eigenvalue weighted by Crippen LogP contribution is -2.34. The number of ether oxygens (including phenoxy) is 1. The first kappa shape index (κ1) is 13.4. The predicted octanol–water partition coefficient (Wildman–Crippen LogP) is 1.77. The highest BCUT2D eigenvalue weighted by atomic mass is 32.2. The molecule has 0 saturated carbocycles. The molecule has 1 N–H and O–H groups in total. The molecule has 3 unspecified atom stereocenters. The van der Waals surface area contributed by atoms with Crippen LogP contribution in [-0.4, -0.2) is 47.4 Å². The molecule has 2 aliphatic heterocycles. The van der Waals surface area contributed by atoms with E-state index < -0.39 is 0 Å². The van der Waals surface area contributed by atoms with Crippen LogP contribution in [0.5, 0.6) is 0 Å². The number of nitrogens with zero attached hydrogens (tertiary/aromatic N) is 2. The second-order valence-corrected chi connectivity index (χ2v) is 6.29. The van der Waals surface area contributed by atoms with Crippen molar-refractivity contribution in [3.8, 4) is 0 Å². The van der Waals surface area contributed by atoms with Gasteiger partial charge in [0, 0.05) is 30.1 Å². The molecule has 1 aromatic heterocycles. The summed E-state index contributed by atoms with van der Waals surface area (Å²) >= 11 is 1.95. The number of rotatable bonds is 4. The van der Waals surface area contributed by atoms with Crippen LogP contribution in [0.3, 0.4) is 0 Å². The Bertz CT molecular complexity index is 406. The van der Waals surface area contributed by atoms with E-state index in [1.54, 1.807) is 0 Å². The third-order valence-corrected chi connectivity index (χ3v) is 5.04. The number of hydrogen-bond acceptors (Lipinski definition) is 6. The molecule has 0 aromatic carbocycles. The summed E-state index contributed by atoms with van der Waals surface area (Å²) in [5.74, 6) is 4.51. The average molecular weight is 283 g/mol. The molecule has 1 aromatic rings. The molecule has 0 spiro atoms. The first-order chi connectivity index (χ1) is 9.38. The van der Waals surface area contributed by atoms with Gasteiger partial charge >= 0.3 is 0 Å². The van der Waals surface area contributed by atoms with Gasteiger partial charge in [-0.2, -0.15) is 16.7 Å². The molecule has 106 valence electrons. The molecule has 19 heavy (non-hydrogen) atoms. The molecule has 2 aliphatic rings. The minimum absolute atomic E-state index is 0.317. The Balaban J connectivity index is 1.69. The van der Waals surface area contributed by atoms with Crippen LogP contribution >= 0.6 is 11.8 Å². The molecule has 0 aliphatic carbocycles. The largest absolute Gasteiger partial charge is 0.381 e. The number of thioether (sulfide) groups is 1. The van der Waals surface area contributed by atoms with Crippen molar-refractivity contribution in [2.45, 2.75) is 37.6 Å². The Kier molecular flexibility index (Phi) is 4.40. The number of likely N-dealkylation sites (N-methyl/N-ethyl adjacent to an activating group) is 1. The van der Waals surface area contributed by atoms with Crippen LogP contribution in [0.1, 0.15) is 43.3 Å². The minimum atomic E-state index is 0.317. The van der Waals surface area contributed by atoms with Crippen LogP contribution in [0.2, 0.25) is 0 Å². The van der Waals surface area contributed by atoms with Crippen molar-refractivity contribution in [2.75, 3.05) is 31.3 Å². The molecule has 2 fully saturated rings. The van der Waals surface area contributed by atoms with Gasteiger partial charge in [-0.25, -0.2) is 0 Å². The zero-order chi connectivity index (χ0) is 13.1.